The summed E-state index contributed by atoms with van der Waals surface area (Å²) in [7, 11) is 1.92. The molecular formula is C13H22N4. The van der Waals surface area contributed by atoms with Gasteiger partial charge in [0.05, 0.1) is 18.1 Å². The molecule has 4 heteroatoms. The standard InChI is InChI=1S/C13H22N4/c1-3-11-4-6-17(7-5-11)13-10-15-12(8-14-2)9-16-13/h9-11,14H,3-8H2,1-2H3. The molecule has 0 radical (unpaired) electrons. The smallest absolute Gasteiger partial charge is 0.147 e. The molecule has 1 saturated heterocycles. The van der Waals surface area contributed by atoms with Gasteiger partial charge >= 0.3 is 0 Å². The highest BCUT2D eigenvalue weighted by atomic mass is 15.2. The molecule has 1 N–H and O–H groups in total. The largest absolute Gasteiger partial charge is 0.355 e. The number of aromatic nitrogens is 2. The molecule has 0 unspecified atom stereocenters. The van der Waals surface area contributed by atoms with Crippen LogP contribution in [-0.2, 0) is 6.54 Å². The summed E-state index contributed by atoms with van der Waals surface area (Å²) in [5.41, 5.74) is 1.000. The van der Waals surface area contributed by atoms with Crippen molar-refractivity contribution in [3.63, 3.8) is 0 Å². The van der Waals surface area contributed by atoms with E-state index in [1.165, 1.54) is 19.3 Å². The van der Waals surface area contributed by atoms with Gasteiger partial charge in [0.15, 0.2) is 0 Å². The molecule has 0 bridgehead atoms. The molecule has 1 aliphatic rings. The van der Waals surface area contributed by atoms with Crippen molar-refractivity contribution in [3.8, 4) is 0 Å². The van der Waals surface area contributed by atoms with Crippen molar-refractivity contribution in [1.82, 2.24) is 15.3 Å². The van der Waals surface area contributed by atoms with E-state index in [0.717, 1.165) is 37.1 Å². The molecule has 1 aliphatic heterocycles. The van der Waals surface area contributed by atoms with Crippen LogP contribution in [0.1, 0.15) is 31.9 Å². The average Bonchev–Trinajstić information content (AvgIpc) is 2.40. The van der Waals surface area contributed by atoms with Crippen LogP contribution >= 0.6 is 0 Å². The van der Waals surface area contributed by atoms with Gasteiger partial charge in [-0.1, -0.05) is 13.3 Å². The number of nitrogens with one attached hydrogen (secondary N) is 1. The SMILES string of the molecule is CCC1CCN(c2cnc(CNC)cn2)CC1. The second kappa shape index (κ2) is 5.96. The van der Waals surface area contributed by atoms with Crippen LogP contribution in [0.25, 0.3) is 0 Å². The van der Waals surface area contributed by atoms with Crippen LogP contribution in [0.4, 0.5) is 5.82 Å². The summed E-state index contributed by atoms with van der Waals surface area (Å²) in [6.07, 6.45) is 7.66. The molecule has 0 amide bonds. The van der Waals surface area contributed by atoms with Crippen molar-refractivity contribution < 1.29 is 0 Å². The van der Waals surface area contributed by atoms with E-state index in [-0.39, 0.29) is 0 Å². The van der Waals surface area contributed by atoms with Crippen molar-refractivity contribution in [2.24, 2.45) is 5.92 Å². The van der Waals surface area contributed by atoms with Gasteiger partial charge in [0, 0.05) is 19.6 Å². The van der Waals surface area contributed by atoms with Gasteiger partial charge in [0.1, 0.15) is 5.82 Å². The van der Waals surface area contributed by atoms with E-state index in [1.54, 1.807) is 0 Å². The first-order chi connectivity index (χ1) is 8.33. The third-order valence-electron chi connectivity index (χ3n) is 3.57. The topological polar surface area (TPSA) is 41.1 Å². The van der Waals surface area contributed by atoms with Gasteiger partial charge in [-0.15, -0.1) is 0 Å². The van der Waals surface area contributed by atoms with Crippen LogP contribution in [0.3, 0.4) is 0 Å². The molecule has 2 heterocycles. The number of hydrogen-bond acceptors (Lipinski definition) is 4. The van der Waals surface area contributed by atoms with Gasteiger partial charge in [-0.25, -0.2) is 4.98 Å². The molecule has 0 aliphatic carbocycles. The lowest BCUT2D eigenvalue weighted by Crippen LogP contribution is -2.34. The quantitative estimate of drug-likeness (QED) is 0.863. The highest BCUT2D eigenvalue weighted by molar-refractivity contribution is 5.36. The molecule has 1 aromatic heterocycles. The van der Waals surface area contributed by atoms with Crippen molar-refractivity contribution in [3.05, 3.63) is 18.1 Å². The molecule has 94 valence electrons. The Hall–Kier alpha value is -1.16. The first-order valence-electron chi connectivity index (χ1n) is 6.54. The summed E-state index contributed by atoms with van der Waals surface area (Å²) in [4.78, 5) is 11.3. The molecule has 0 aromatic carbocycles. The average molecular weight is 234 g/mol. The van der Waals surface area contributed by atoms with Gasteiger partial charge in [-0.3, -0.25) is 4.98 Å². The number of piperidine rings is 1. The summed E-state index contributed by atoms with van der Waals surface area (Å²) >= 11 is 0. The van der Waals surface area contributed by atoms with Crippen LogP contribution in [0.15, 0.2) is 12.4 Å². The second-order valence-corrected chi connectivity index (χ2v) is 4.73. The Morgan fingerprint density at radius 1 is 1.29 bits per heavy atom. The van der Waals surface area contributed by atoms with E-state index >= 15 is 0 Å². The van der Waals surface area contributed by atoms with E-state index in [2.05, 4.69) is 27.1 Å². The van der Waals surface area contributed by atoms with Crippen LogP contribution < -0.4 is 10.2 Å². The van der Waals surface area contributed by atoms with E-state index in [4.69, 9.17) is 0 Å². The Morgan fingerprint density at radius 3 is 2.59 bits per heavy atom. The monoisotopic (exact) mass is 234 g/mol. The fourth-order valence-corrected chi connectivity index (χ4v) is 2.35. The molecule has 0 spiro atoms. The number of nitrogens with zero attached hydrogens (tertiary/aromatic N) is 3. The summed E-state index contributed by atoms with van der Waals surface area (Å²) in [6, 6.07) is 0. The lowest BCUT2D eigenvalue weighted by Gasteiger charge is -2.32. The third-order valence-corrected chi connectivity index (χ3v) is 3.57. The lowest BCUT2D eigenvalue weighted by atomic mass is 9.94. The molecule has 0 atom stereocenters. The van der Waals surface area contributed by atoms with Crippen LogP contribution in [0, 0.1) is 5.92 Å². The third kappa shape index (κ3) is 3.16. The minimum atomic E-state index is 0.783. The van der Waals surface area contributed by atoms with Crippen LogP contribution in [-0.4, -0.2) is 30.1 Å². The molecule has 4 nitrogen and oxygen atoms in total. The van der Waals surface area contributed by atoms with E-state index in [0.29, 0.717) is 0 Å². The van der Waals surface area contributed by atoms with Gasteiger partial charge in [0.2, 0.25) is 0 Å². The van der Waals surface area contributed by atoms with E-state index in [9.17, 15) is 0 Å². The Morgan fingerprint density at radius 2 is 2.06 bits per heavy atom. The van der Waals surface area contributed by atoms with Crippen molar-refractivity contribution >= 4 is 5.82 Å². The van der Waals surface area contributed by atoms with Crippen LogP contribution in [0.5, 0.6) is 0 Å². The van der Waals surface area contributed by atoms with E-state index in [1.807, 2.05) is 19.4 Å². The van der Waals surface area contributed by atoms with Crippen LogP contribution in [0.2, 0.25) is 0 Å². The fraction of sp³-hybridized carbons (Fsp3) is 0.692. The molecule has 1 fully saturated rings. The molecule has 17 heavy (non-hydrogen) atoms. The maximum absolute atomic E-state index is 4.50. The lowest BCUT2D eigenvalue weighted by molar-refractivity contribution is 0.393. The Balaban J connectivity index is 1.94. The summed E-state index contributed by atoms with van der Waals surface area (Å²) < 4.78 is 0. The molecule has 2 rings (SSSR count). The van der Waals surface area contributed by atoms with Gasteiger partial charge in [-0.05, 0) is 25.8 Å². The zero-order chi connectivity index (χ0) is 12.1. The van der Waals surface area contributed by atoms with Crippen molar-refractivity contribution in [2.75, 3.05) is 25.0 Å². The zero-order valence-electron chi connectivity index (χ0n) is 10.8. The van der Waals surface area contributed by atoms with Gasteiger partial charge in [-0.2, -0.15) is 0 Å². The first-order valence-corrected chi connectivity index (χ1v) is 6.54. The first kappa shape index (κ1) is 12.3. The second-order valence-electron chi connectivity index (χ2n) is 4.73. The van der Waals surface area contributed by atoms with Crippen molar-refractivity contribution in [2.45, 2.75) is 32.7 Å². The van der Waals surface area contributed by atoms with Gasteiger partial charge < -0.3 is 10.2 Å². The predicted molar refractivity (Wildman–Crippen MR) is 70.0 cm³/mol. The summed E-state index contributed by atoms with van der Waals surface area (Å²) in [5, 5.41) is 3.08. The minimum Gasteiger partial charge on any atom is -0.355 e. The predicted octanol–water partition coefficient (Wildman–Crippen LogP) is 1.82. The molecular weight excluding hydrogens is 212 g/mol. The molecule has 1 aromatic rings. The highest BCUT2D eigenvalue weighted by Gasteiger charge is 2.18. The molecule has 0 saturated carbocycles. The van der Waals surface area contributed by atoms with Crippen molar-refractivity contribution in [1.29, 1.82) is 0 Å². The van der Waals surface area contributed by atoms with Gasteiger partial charge in [0.25, 0.3) is 0 Å². The minimum absolute atomic E-state index is 0.783. The Bertz CT molecular complexity index is 328. The summed E-state index contributed by atoms with van der Waals surface area (Å²) in [5.74, 6) is 1.93. The Kier molecular flexibility index (Phi) is 4.31. The number of hydrogen-bond donors (Lipinski definition) is 1. The fourth-order valence-electron chi connectivity index (χ4n) is 2.35. The number of rotatable bonds is 4. The maximum Gasteiger partial charge on any atom is 0.147 e. The zero-order valence-corrected chi connectivity index (χ0v) is 10.8. The Labute approximate surface area is 103 Å². The summed E-state index contributed by atoms with van der Waals surface area (Å²) in [6.45, 7) is 5.31. The maximum atomic E-state index is 4.50. The highest BCUT2D eigenvalue weighted by Crippen LogP contribution is 2.23. The van der Waals surface area contributed by atoms with E-state index < -0.39 is 0 Å². The normalized spacial score (nSPS) is 17.4. The number of anilines is 1.